The number of hydrogen-bond donors (Lipinski definition) is 1. The summed E-state index contributed by atoms with van der Waals surface area (Å²) in [5.74, 6) is 0.243. The predicted octanol–water partition coefficient (Wildman–Crippen LogP) is 3.07. The van der Waals surface area contributed by atoms with Crippen molar-refractivity contribution in [2.75, 3.05) is 27.9 Å². The highest BCUT2D eigenvalue weighted by molar-refractivity contribution is 6.07. The number of hydrogen-bond acceptors (Lipinski definition) is 6. The lowest BCUT2D eigenvalue weighted by Gasteiger charge is -2.10. The molecule has 0 fully saturated rings. The van der Waals surface area contributed by atoms with Crippen LogP contribution in [0.15, 0.2) is 42.5 Å². The lowest BCUT2D eigenvalue weighted by atomic mass is 10.1. The molecule has 27 heavy (non-hydrogen) atoms. The molecule has 0 saturated carbocycles. The summed E-state index contributed by atoms with van der Waals surface area (Å²) in [6.45, 7) is -0.501. The van der Waals surface area contributed by atoms with Gasteiger partial charge in [0.15, 0.2) is 35.4 Å². The van der Waals surface area contributed by atoms with E-state index < -0.39 is 12.6 Å². The summed E-state index contributed by atoms with van der Waals surface area (Å²) in [7, 11) is 4.47. The minimum absolute atomic E-state index is 0.245. The van der Waals surface area contributed by atoms with Crippen LogP contribution in [0.5, 0.6) is 23.0 Å². The fourth-order valence-corrected chi connectivity index (χ4v) is 2.38. The van der Waals surface area contributed by atoms with Gasteiger partial charge in [-0.05, 0) is 36.4 Å². The van der Waals surface area contributed by atoms with Crippen molar-refractivity contribution < 1.29 is 33.6 Å². The number of carboxylic acid groups (broad SMARTS) is 1. The highest BCUT2D eigenvalue weighted by Crippen LogP contribution is 2.32. The molecule has 0 aliphatic carbocycles. The van der Waals surface area contributed by atoms with E-state index in [2.05, 4.69) is 0 Å². The summed E-state index contributed by atoms with van der Waals surface area (Å²) in [6.07, 6.45) is 3.04. The molecule has 0 aliphatic rings. The molecule has 7 heteroatoms. The lowest BCUT2D eigenvalue weighted by molar-refractivity contribution is -0.139. The Balaban J connectivity index is 2.23. The SMILES string of the molecule is COc1cc(C(=O)/C=C/c2cccc(OC)c2OC)ccc1OCC(=O)O. The zero-order chi connectivity index (χ0) is 19.8. The number of allylic oxidation sites excluding steroid dienone is 1. The molecule has 2 aromatic carbocycles. The van der Waals surface area contributed by atoms with Crippen molar-refractivity contribution in [3.05, 3.63) is 53.6 Å². The van der Waals surface area contributed by atoms with Crippen LogP contribution < -0.4 is 18.9 Å². The highest BCUT2D eigenvalue weighted by atomic mass is 16.5. The summed E-state index contributed by atoms with van der Waals surface area (Å²) in [5, 5.41) is 8.69. The number of carbonyl (C=O) groups excluding carboxylic acids is 1. The van der Waals surface area contributed by atoms with Gasteiger partial charge in [-0.3, -0.25) is 4.79 Å². The van der Waals surface area contributed by atoms with E-state index in [1.54, 1.807) is 24.3 Å². The van der Waals surface area contributed by atoms with Crippen molar-refractivity contribution in [3.8, 4) is 23.0 Å². The molecule has 0 spiro atoms. The first-order valence-corrected chi connectivity index (χ1v) is 7.96. The first-order valence-electron chi connectivity index (χ1n) is 7.96. The van der Waals surface area contributed by atoms with E-state index >= 15 is 0 Å². The molecule has 0 amide bonds. The number of para-hydroxylation sites is 1. The van der Waals surface area contributed by atoms with Crippen LogP contribution >= 0.6 is 0 Å². The molecule has 0 aromatic heterocycles. The highest BCUT2D eigenvalue weighted by Gasteiger charge is 2.12. The van der Waals surface area contributed by atoms with Gasteiger partial charge in [-0.2, -0.15) is 0 Å². The Labute approximate surface area is 156 Å². The third-order valence-electron chi connectivity index (χ3n) is 3.65. The molecule has 1 N–H and O–H groups in total. The second kappa shape index (κ2) is 9.28. The van der Waals surface area contributed by atoms with E-state index in [9.17, 15) is 9.59 Å². The number of carbonyl (C=O) groups is 2. The molecule has 0 radical (unpaired) electrons. The first-order chi connectivity index (χ1) is 13.0. The topological polar surface area (TPSA) is 91.3 Å². The monoisotopic (exact) mass is 372 g/mol. The Morgan fingerprint density at radius 1 is 0.963 bits per heavy atom. The predicted molar refractivity (Wildman–Crippen MR) is 99.0 cm³/mol. The van der Waals surface area contributed by atoms with E-state index in [4.69, 9.17) is 24.1 Å². The van der Waals surface area contributed by atoms with E-state index in [1.807, 2.05) is 0 Å². The van der Waals surface area contributed by atoms with Crippen LogP contribution in [0.3, 0.4) is 0 Å². The molecule has 0 heterocycles. The number of rotatable bonds is 9. The van der Waals surface area contributed by atoms with E-state index in [1.165, 1.54) is 45.6 Å². The molecule has 0 unspecified atom stereocenters. The van der Waals surface area contributed by atoms with Crippen molar-refractivity contribution in [2.24, 2.45) is 0 Å². The van der Waals surface area contributed by atoms with Crippen LogP contribution in [0.4, 0.5) is 0 Å². The second-order valence-electron chi connectivity index (χ2n) is 5.33. The van der Waals surface area contributed by atoms with Gasteiger partial charge in [0.05, 0.1) is 21.3 Å². The van der Waals surface area contributed by atoms with E-state index in [0.717, 1.165) is 0 Å². The van der Waals surface area contributed by atoms with Gasteiger partial charge in [-0.1, -0.05) is 12.1 Å². The van der Waals surface area contributed by atoms with Gasteiger partial charge in [-0.25, -0.2) is 4.79 Å². The Kier molecular flexibility index (Phi) is 6.82. The van der Waals surface area contributed by atoms with Crippen molar-refractivity contribution in [2.45, 2.75) is 0 Å². The molecule has 0 saturated heterocycles. The molecule has 0 aliphatic heterocycles. The maximum absolute atomic E-state index is 12.5. The Bertz CT molecular complexity index is 855. The zero-order valence-corrected chi connectivity index (χ0v) is 15.2. The maximum atomic E-state index is 12.5. The number of aliphatic carboxylic acids is 1. The van der Waals surface area contributed by atoms with E-state index in [-0.39, 0.29) is 17.3 Å². The lowest BCUT2D eigenvalue weighted by Crippen LogP contribution is -2.10. The van der Waals surface area contributed by atoms with Crippen LogP contribution in [0.2, 0.25) is 0 Å². The fraction of sp³-hybridized carbons (Fsp3) is 0.200. The van der Waals surface area contributed by atoms with Crippen molar-refractivity contribution in [1.82, 2.24) is 0 Å². The average molecular weight is 372 g/mol. The second-order valence-corrected chi connectivity index (χ2v) is 5.33. The Morgan fingerprint density at radius 3 is 2.33 bits per heavy atom. The minimum Gasteiger partial charge on any atom is -0.493 e. The van der Waals surface area contributed by atoms with Gasteiger partial charge in [0, 0.05) is 11.1 Å². The van der Waals surface area contributed by atoms with Crippen LogP contribution in [0.25, 0.3) is 6.08 Å². The Morgan fingerprint density at radius 2 is 1.70 bits per heavy atom. The average Bonchev–Trinajstić information content (AvgIpc) is 2.69. The fourth-order valence-electron chi connectivity index (χ4n) is 2.38. The third-order valence-corrected chi connectivity index (χ3v) is 3.65. The van der Waals surface area contributed by atoms with Gasteiger partial charge in [0.1, 0.15) is 0 Å². The molecule has 0 bridgehead atoms. The maximum Gasteiger partial charge on any atom is 0.341 e. The zero-order valence-electron chi connectivity index (χ0n) is 15.2. The third kappa shape index (κ3) is 5.01. The summed E-state index contributed by atoms with van der Waals surface area (Å²) in [6, 6.07) is 9.88. The van der Waals surface area contributed by atoms with Crippen LogP contribution in [0, 0.1) is 0 Å². The molecule has 2 rings (SSSR count). The molecular formula is C20H20O7. The number of carboxylic acids is 1. The van der Waals surface area contributed by atoms with E-state index in [0.29, 0.717) is 22.6 Å². The number of ether oxygens (including phenoxy) is 4. The van der Waals surface area contributed by atoms with Crippen molar-refractivity contribution in [3.63, 3.8) is 0 Å². The van der Waals surface area contributed by atoms with Crippen molar-refractivity contribution in [1.29, 1.82) is 0 Å². The summed E-state index contributed by atoms with van der Waals surface area (Å²) in [4.78, 5) is 23.1. The Hall–Kier alpha value is -3.48. The molecule has 7 nitrogen and oxygen atoms in total. The van der Waals surface area contributed by atoms with Gasteiger partial charge < -0.3 is 24.1 Å². The van der Waals surface area contributed by atoms with Crippen molar-refractivity contribution >= 4 is 17.8 Å². The molecular weight excluding hydrogens is 352 g/mol. The molecule has 2 aromatic rings. The summed E-state index contributed by atoms with van der Waals surface area (Å²) < 4.78 is 20.9. The number of benzene rings is 2. The summed E-state index contributed by atoms with van der Waals surface area (Å²) in [5.41, 5.74) is 1.06. The van der Waals surface area contributed by atoms with Crippen LogP contribution in [-0.4, -0.2) is 44.8 Å². The quantitative estimate of drug-likeness (QED) is 0.534. The van der Waals surface area contributed by atoms with Crippen LogP contribution in [-0.2, 0) is 4.79 Å². The number of ketones is 1. The molecule has 142 valence electrons. The van der Waals surface area contributed by atoms with Gasteiger partial charge in [0.25, 0.3) is 0 Å². The van der Waals surface area contributed by atoms with Crippen LogP contribution in [0.1, 0.15) is 15.9 Å². The summed E-state index contributed by atoms with van der Waals surface area (Å²) >= 11 is 0. The normalized spacial score (nSPS) is 10.5. The number of methoxy groups -OCH3 is 3. The molecule has 0 atom stereocenters. The minimum atomic E-state index is -1.10. The largest absolute Gasteiger partial charge is 0.493 e. The van der Waals surface area contributed by atoms with Gasteiger partial charge >= 0.3 is 5.97 Å². The smallest absolute Gasteiger partial charge is 0.341 e. The standard InChI is InChI=1S/C20H20O7/c1-24-17-6-4-5-13(20(17)26-3)7-9-15(21)14-8-10-16(18(11-14)25-2)27-12-19(22)23/h4-11H,12H2,1-3H3,(H,22,23)/b9-7+. The first kappa shape index (κ1) is 19.8. The van der Waals surface area contributed by atoms with Gasteiger partial charge in [0.2, 0.25) is 0 Å². The van der Waals surface area contributed by atoms with Gasteiger partial charge in [-0.15, -0.1) is 0 Å².